The summed E-state index contributed by atoms with van der Waals surface area (Å²) in [6.07, 6.45) is 0.724. The van der Waals surface area contributed by atoms with Gasteiger partial charge in [-0.1, -0.05) is 40.5 Å². The van der Waals surface area contributed by atoms with Gasteiger partial charge in [0, 0.05) is 19.5 Å². The first-order valence-corrected chi connectivity index (χ1v) is 8.82. The number of ether oxygens (including phenoxy) is 2. The van der Waals surface area contributed by atoms with Gasteiger partial charge in [0.1, 0.15) is 17.6 Å². The molecule has 0 aromatic heterocycles. The fraction of sp³-hybridized carbons (Fsp3) is 0.381. The third kappa shape index (κ3) is 4.17. The van der Waals surface area contributed by atoms with Gasteiger partial charge in [-0.15, -0.1) is 0 Å². The number of rotatable bonds is 7. The van der Waals surface area contributed by atoms with Crippen molar-refractivity contribution in [2.75, 3.05) is 20.8 Å². The van der Waals surface area contributed by atoms with Crippen molar-refractivity contribution in [3.8, 4) is 11.5 Å². The van der Waals surface area contributed by atoms with Crippen molar-refractivity contribution in [2.45, 2.75) is 32.9 Å². The van der Waals surface area contributed by atoms with E-state index in [0.717, 1.165) is 42.3 Å². The normalized spacial score (nSPS) is 16.2. The van der Waals surface area contributed by atoms with E-state index in [9.17, 15) is 0 Å². The summed E-state index contributed by atoms with van der Waals surface area (Å²) in [5.41, 5.74) is 5.58. The van der Waals surface area contributed by atoms with Crippen molar-refractivity contribution in [3.05, 3.63) is 58.7 Å². The third-order valence-corrected chi connectivity index (χ3v) is 4.43. The number of methoxy groups -OCH3 is 2. The molecule has 1 atom stereocenters. The first kappa shape index (κ1) is 18.3. The summed E-state index contributed by atoms with van der Waals surface area (Å²) in [6.45, 7) is 5.79. The SMILES string of the molecule is COc1cccc(OC)c1C1=NO[C@@H](CNCc2cc(C)cc(C)c2)C1. The van der Waals surface area contributed by atoms with E-state index in [-0.39, 0.29) is 6.10 Å². The highest BCUT2D eigenvalue weighted by atomic mass is 16.6. The zero-order valence-electron chi connectivity index (χ0n) is 15.8. The van der Waals surface area contributed by atoms with Gasteiger partial charge < -0.3 is 19.6 Å². The van der Waals surface area contributed by atoms with E-state index in [0.29, 0.717) is 0 Å². The van der Waals surface area contributed by atoms with Gasteiger partial charge >= 0.3 is 0 Å². The first-order valence-electron chi connectivity index (χ1n) is 8.82. The highest BCUT2D eigenvalue weighted by molar-refractivity contribution is 6.05. The molecule has 2 aromatic rings. The zero-order chi connectivity index (χ0) is 18.5. The molecule has 0 bridgehead atoms. The van der Waals surface area contributed by atoms with Crippen LogP contribution in [0.5, 0.6) is 11.5 Å². The fourth-order valence-electron chi connectivity index (χ4n) is 3.37. The van der Waals surface area contributed by atoms with E-state index < -0.39 is 0 Å². The number of oxime groups is 1. The van der Waals surface area contributed by atoms with Gasteiger partial charge in [0.25, 0.3) is 0 Å². The van der Waals surface area contributed by atoms with Crippen LogP contribution in [0.4, 0.5) is 0 Å². The lowest BCUT2D eigenvalue weighted by Gasteiger charge is -2.13. The second-order valence-electron chi connectivity index (χ2n) is 6.63. The zero-order valence-corrected chi connectivity index (χ0v) is 15.8. The molecule has 0 saturated heterocycles. The summed E-state index contributed by atoms with van der Waals surface area (Å²) < 4.78 is 10.9. The number of aryl methyl sites for hydroxylation is 2. The largest absolute Gasteiger partial charge is 0.496 e. The smallest absolute Gasteiger partial charge is 0.145 e. The minimum atomic E-state index is 0.00512. The van der Waals surface area contributed by atoms with Crippen molar-refractivity contribution in [2.24, 2.45) is 5.16 Å². The lowest BCUT2D eigenvalue weighted by Crippen LogP contribution is -2.27. The van der Waals surface area contributed by atoms with Crippen molar-refractivity contribution < 1.29 is 14.3 Å². The van der Waals surface area contributed by atoms with Gasteiger partial charge in [0.2, 0.25) is 0 Å². The van der Waals surface area contributed by atoms with Gasteiger partial charge in [0.05, 0.1) is 25.5 Å². The van der Waals surface area contributed by atoms with E-state index >= 15 is 0 Å². The summed E-state index contributed by atoms with van der Waals surface area (Å²) in [5, 5.41) is 7.74. The van der Waals surface area contributed by atoms with Gasteiger partial charge in [-0.25, -0.2) is 0 Å². The number of hydrogen-bond acceptors (Lipinski definition) is 5. The second kappa shape index (κ2) is 8.23. The monoisotopic (exact) mass is 354 g/mol. The highest BCUT2D eigenvalue weighted by Gasteiger charge is 2.26. The van der Waals surface area contributed by atoms with Gasteiger partial charge in [-0.2, -0.15) is 0 Å². The number of hydrogen-bond donors (Lipinski definition) is 1. The van der Waals surface area contributed by atoms with Crippen LogP contribution in [-0.4, -0.2) is 32.6 Å². The number of nitrogens with zero attached hydrogens (tertiary/aromatic N) is 1. The average molecular weight is 354 g/mol. The molecule has 138 valence electrons. The van der Waals surface area contributed by atoms with Crippen LogP contribution in [0.3, 0.4) is 0 Å². The van der Waals surface area contributed by atoms with Crippen molar-refractivity contribution in [1.82, 2.24) is 5.32 Å². The van der Waals surface area contributed by atoms with Crippen molar-refractivity contribution in [3.63, 3.8) is 0 Å². The maximum atomic E-state index is 5.62. The molecular weight excluding hydrogens is 328 g/mol. The topological polar surface area (TPSA) is 52.1 Å². The quantitative estimate of drug-likeness (QED) is 0.825. The molecule has 3 rings (SSSR count). The molecule has 5 heteroatoms. The Morgan fingerprint density at radius 2 is 1.73 bits per heavy atom. The van der Waals surface area contributed by atoms with Crippen LogP contribution >= 0.6 is 0 Å². The molecule has 0 aliphatic carbocycles. The van der Waals surface area contributed by atoms with E-state index in [1.165, 1.54) is 16.7 Å². The molecule has 1 heterocycles. The highest BCUT2D eigenvalue weighted by Crippen LogP contribution is 2.32. The Balaban J connectivity index is 1.59. The van der Waals surface area contributed by atoms with Crippen molar-refractivity contribution in [1.29, 1.82) is 0 Å². The molecule has 0 fully saturated rings. The minimum absolute atomic E-state index is 0.00512. The lowest BCUT2D eigenvalue weighted by molar-refractivity contribution is 0.0848. The molecule has 0 amide bonds. The number of benzene rings is 2. The third-order valence-electron chi connectivity index (χ3n) is 4.43. The maximum Gasteiger partial charge on any atom is 0.145 e. The summed E-state index contributed by atoms with van der Waals surface area (Å²) >= 11 is 0. The number of nitrogens with one attached hydrogen (secondary N) is 1. The standard InChI is InChI=1S/C21H26N2O3/c1-14-8-15(2)10-16(9-14)12-22-13-17-11-18(23-26-17)21-19(24-3)6-5-7-20(21)25-4/h5-10,17,22H,11-13H2,1-4H3/t17-/m1/s1. The minimum Gasteiger partial charge on any atom is -0.496 e. The molecule has 1 aliphatic rings. The predicted octanol–water partition coefficient (Wildman–Crippen LogP) is 3.60. The van der Waals surface area contributed by atoms with Gasteiger partial charge in [-0.05, 0) is 31.5 Å². The average Bonchev–Trinajstić information content (AvgIpc) is 3.08. The molecule has 1 aliphatic heterocycles. The van der Waals surface area contributed by atoms with Crippen LogP contribution in [0, 0.1) is 13.8 Å². The van der Waals surface area contributed by atoms with E-state index in [1.54, 1.807) is 14.2 Å². The van der Waals surface area contributed by atoms with E-state index in [2.05, 4.69) is 42.5 Å². The van der Waals surface area contributed by atoms with Crippen LogP contribution in [0.15, 0.2) is 41.6 Å². The Kier molecular flexibility index (Phi) is 5.78. The van der Waals surface area contributed by atoms with Crippen LogP contribution in [0.2, 0.25) is 0 Å². The van der Waals surface area contributed by atoms with E-state index in [1.807, 2.05) is 18.2 Å². The van der Waals surface area contributed by atoms with Gasteiger partial charge in [-0.3, -0.25) is 0 Å². The van der Waals surface area contributed by atoms with Crippen LogP contribution < -0.4 is 14.8 Å². The molecule has 0 unspecified atom stereocenters. The first-order chi connectivity index (χ1) is 12.6. The Morgan fingerprint density at radius 3 is 2.35 bits per heavy atom. The summed E-state index contributed by atoms with van der Waals surface area (Å²) in [5.74, 6) is 1.49. The Bertz CT molecular complexity index is 759. The van der Waals surface area contributed by atoms with E-state index in [4.69, 9.17) is 14.3 Å². The van der Waals surface area contributed by atoms with Crippen molar-refractivity contribution >= 4 is 5.71 Å². The molecular formula is C21H26N2O3. The molecule has 5 nitrogen and oxygen atoms in total. The summed E-state index contributed by atoms with van der Waals surface area (Å²) in [7, 11) is 3.30. The fourth-order valence-corrected chi connectivity index (χ4v) is 3.37. The van der Waals surface area contributed by atoms with Crippen LogP contribution in [-0.2, 0) is 11.4 Å². The molecule has 0 spiro atoms. The molecule has 2 aromatic carbocycles. The van der Waals surface area contributed by atoms with Crippen LogP contribution in [0.1, 0.15) is 28.7 Å². The maximum absolute atomic E-state index is 5.62. The second-order valence-corrected chi connectivity index (χ2v) is 6.63. The van der Waals surface area contributed by atoms with Gasteiger partial charge in [0.15, 0.2) is 0 Å². The summed E-state index contributed by atoms with van der Waals surface area (Å²) in [6, 6.07) is 12.3. The molecule has 1 N–H and O–H groups in total. The Hall–Kier alpha value is -2.53. The van der Waals surface area contributed by atoms with Crippen LogP contribution in [0.25, 0.3) is 0 Å². The summed E-state index contributed by atoms with van der Waals surface area (Å²) in [4.78, 5) is 5.62. The Labute approximate surface area is 155 Å². The molecule has 0 radical (unpaired) electrons. The predicted molar refractivity (Wildman–Crippen MR) is 103 cm³/mol. The molecule has 0 saturated carbocycles. The lowest BCUT2D eigenvalue weighted by atomic mass is 10.0. The molecule has 26 heavy (non-hydrogen) atoms. The Morgan fingerprint density at radius 1 is 1.08 bits per heavy atom.